The number of aromatic carboxylic acids is 1. The molecular formula is C13H19ClN2O2S. The summed E-state index contributed by atoms with van der Waals surface area (Å²) in [5.41, 5.74) is 0.159. The highest BCUT2D eigenvalue weighted by Crippen LogP contribution is 2.16. The normalized spacial score (nSPS) is 10.4. The zero-order chi connectivity index (χ0) is 14.1. The molecule has 106 valence electrons. The zero-order valence-electron chi connectivity index (χ0n) is 11.0. The number of thioether (sulfide) groups is 1. The van der Waals surface area contributed by atoms with Crippen LogP contribution in [0.5, 0.6) is 0 Å². The number of carboxylic acids is 1. The van der Waals surface area contributed by atoms with Gasteiger partial charge in [0.1, 0.15) is 16.5 Å². The third-order valence-corrected chi connectivity index (χ3v) is 3.57. The summed E-state index contributed by atoms with van der Waals surface area (Å²) in [6.07, 6.45) is 6.69. The number of carboxylic acid groups (broad SMARTS) is 1. The molecule has 0 bridgehead atoms. The van der Waals surface area contributed by atoms with Crippen LogP contribution in [0, 0.1) is 0 Å². The van der Waals surface area contributed by atoms with Gasteiger partial charge in [-0.1, -0.05) is 24.4 Å². The molecule has 0 aliphatic heterocycles. The van der Waals surface area contributed by atoms with Crippen molar-refractivity contribution in [2.45, 2.75) is 25.7 Å². The van der Waals surface area contributed by atoms with Crippen LogP contribution in [-0.2, 0) is 0 Å². The minimum absolute atomic E-state index is 0.159. The van der Waals surface area contributed by atoms with Crippen LogP contribution >= 0.6 is 23.4 Å². The van der Waals surface area contributed by atoms with Gasteiger partial charge in [0.15, 0.2) is 0 Å². The SMILES string of the molecule is CSCCCCCCNc1nc(Cl)ccc1C(=O)O. The van der Waals surface area contributed by atoms with Gasteiger partial charge in [-0.2, -0.15) is 11.8 Å². The van der Waals surface area contributed by atoms with Gasteiger partial charge in [-0.05, 0) is 37.0 Å². The van der Waals surface area contributed by atoms with Gasteiger partial charge in [0.05, 0.1) is 0 Å². The van der Waals surface area contributed by atoms with Crippen molar-refractivity contribution >= 4 is 35.1 Å². The van der Waals surface area contributed by atoms with E-state index < -0.39 is 5.97 Å². The number of carbonyl (C=O) groups is 1. The standard InChI is InChI=1S/C13H19ClN2O2S/c1-19-9-5-3-2-4-8-15-12-10(13(17)18)6-7-11(14)16-12/h6-7H,2-5,8-9H2,1H3,(H,15,16)(H,17,18). The second kappa shape index (κ2) is 9.04. The molecule has 6 heteroatoms. The van der Waals surface area contributed by atoms with E-state index in [1.54, 1.807) is 0 Å². The lowest BCUT2D eigenvalue weighted by Crippen LogP contribution is -2.09. The molecule has 1 rings (SSSR count). The molecule has 0 aliphatic carbocycles. The quantitative estimate of drug-likeness (QED) is 0.537. The molecular weight excluding hydrogens is 284 g/mol. The number of pyridine rings is 1. The molecule has 0 unspecified atom stereocenters. The predicted octanol–water partition coefficient (Wildman–Crippen LogP) is 3.77. The monoisotopic (exact) mass is 302 g/mol. The fourth-order valence-corrected chi connectivity index (χ4v) is 2.31. The summed E-state index contributed by atoms with van der Waals surface area (Å²) < 4.78 is 0. The van der Waals surface area contributed by atoms with Crippen molar-refractivity contribution in [3.8, 4) is 0 Å². The Labute approximate surface area is 123 Å². The highest BCUT2D eigenvalue weighted by atomic mass is 35.5. The van der Waals surface area contributed by atoms with E-state index in [1.165, 1.54) is 30.7 Å². The molecule has 1 heterocycles. The van der Waals surface area contributed by atoms with Gasteiger partial charge in [-0.3, -0.25) is 0 Å². The predicted molar refractivity (Wildman–Crippen MR) is 81.5 cm³/mol. The van der Waals surface area contributed by atoms with Crippen molar-refractivity contribution in [1.29, 1.82) is 0 Å². The van der Waals surface area contributed by atoms with Gasteiger partial charge in [0.2, 0.25) is 0 Å². The van der Waals surface area contributed by atoms with Crippen molar-refractivity contribution in [3.05, 3.63) is 22.8 Å². The topological polar surface area (TPSA) is 62.2 Å². The van der Waals surface area contributed by atoms with Gasteiger partial charge in [0.25, 0.3) is 0 Å². The molecule has 1 aromatic heterocycles. The minimum atomic E-state index is -0.994. The molecule has 0 fully saturated rings. The molecule has 2 N–H and O–H groups in total. The van der Waals surface area contributed by atoms with Crippen LogP contribution in [0.15, 0.2) is 12.1 Å². The average molecular weight is 303 g/mol. The molecule has 0 atom stereocenters. The van der Waals surface area contributed by atoms with Crippen molar-refractivity contribution < 1.29 is 9.90 Å². The van der Waals surface area contributed by atoms with Crippen LogP contribution in [0.1, 0.15) is 36.0 Å². The Kier molecular flexibility index (Phi) is 7.67. The van der Waals surface area contributed by atoms with E-state index in [2.05, 4.69) is 16.6 Å². The van der Waals surface area contributed by atoms with E-state index in [1.807, 2.05) is 11.8 Å². The lowest BCUT2D eigenvalue weighted by molar-refractivity contribution is 0.0697. The Morgan fingerprint density at radius 2 is 2.11 bits per heavy atom. The Morgan fingerprint density at radius 3 is 2.79 bits per heavy atom. The van der Waals surface area contributed by atoms with Crippen LogP contribution < -0.4 is 5.32 Å². The number of halogens is 1. The Morgan fingerprint density at radius 1 is 1.37 bits per heavy atom. The molecule has 0 aromatic carbocycles. The molecule has 0 spiro atoms. The number of hydrogen-bond acceptors (Lipinski definition) is 4. The number of rotatable bonds is 9. The van der Waals surface area contributed by atoms with Crippen LogP contribution in [0.25, 0.3) is 0 Å². The number of aromatic nitrogens is 1. The molecule has 19 heavy (non-hydrogen) atoms. The first kappa shape index (κ1) is 16.1. The van der Waals surface area contributed by atoms with E-state index in [0.29, 0.717) is 17.5 Å². The minimum Gasteiger partial charge on any atom is -0.478 e. The number of nitrogens with one attached hydrogen (secondary N) is 1. The summed E-state index contributed by atoms with van der Waals surface area (Å²) in [4.78, 5) is 15.0. The summed E-state index contributed by atoms with van der Waals surface area (Å²) >= 11 is 7.64. The number of unbranched alkanes of at least 4 members (excludes halogenated alkanes) is 3. The number of anilines is 1. The zero-order valence-corrected chi connectivity index (χ0v) is 12.6. The van der Waals surface area contributed by atoms with E-state index in [-0.39, 0.29) is 5.56 Å². The second-order valence-electron chi connectivity index (χ2n) is 4.17. The molecule has 0 saturated carbocycles. The fourth-order valence-electron chi connectivity index (χ4n) is 1.67. The maximum Gasteiger partial charge on any atom is 0.339 e. The largest absolute Gasteiger partial charge is 0.478 e. The summed E-state index contributed by atoms with van der Waals surface area (Å²) in [6.45, 7) is 0.715. The molecule has 0 aliphatic rings. The smallest absolute Gasteiger partial charge is 0.339 e. The van der Waals surface area contributed by atoms with Gasteiger partial charge in [0, 0.05) is 6.54 Å². The first-order chi connectivity index (χ1) is 9.15. The van der Waals surface area contributed by atoms with Crippen molar-refractivity contribution in [2.75, 3.05) is 23.9 Å². The molecule has 0 amide bonds. The Bertz CT molecular complexity index is 416. The van der Waals surface area contributed by atoms with Gasteiger partial charge in [-0.15, -0.1) is 0 Å². The van der Waals surface area contributed by atoms with Crippen LogP contribution in [0.3, 0.4) is 0 Å². The molecule has 0 saturated heterocycles. The summed E-state index contributed by atoms with van der Waals surface area (Å²) in [5.74, 6) is 0.558. The van der Waals surface area contributed by atoms with Gasteiger partial charge >= 0.3 is 5.97 Å². The molecule has 1 aromatic rings. The third-order valence-electron chi connectivity index (χ3n) is 2.66. The number of nitrogens with zero attached hydrogens (tertiary/aromatic N) is 1. The Hall–Kier alpha value is -0.940. The number of hydrogen-bond donors (Lipinski definition) is 2. The molecule has 0 radical (unpaired) electrons. The lowest BCUT2D eigenvalue weighted by Gasteiger charge is -2.08. The van der Waals surface area contributed by atoms with E-state index >= 15 is 0 Å². The highest BCUT2D eigenvalue weighted by molar-refractivity contribution is 7.98. The molecule has 4 nitrogen and oxygen atoms in total. The first-order valence-electron chi connectivity index (χ1n) is 6.28. The maximum absolute atomic E-state index is 11.0. The van der Waals surface area contributed by atoms with E-state index in [0.717, 1.165) is 12.8 Å². The van der Waals surface area contributed by atoms with Crippen molar-refractivity contribution in [2.24, 2.45) is 0 Å². The second-order valence-corrected chi connectivity index (χ2v) is 5.54. The van der Waals surface area contributed by atoms with Crippen molar-refractivity contribution in [1.82, 2.24) is 4.98 Å². The van der Waals surface area contributed by atoms with Crippen molar-refractivity contribution in [3.63, 3.8) is 0 Å². The summed E-state index contributed by atoms with van der Waals surface area (Å²) in [6, 6.07) is 2.96. The lowest BCUT2D eigenvalue weighted by atomic mass is 10.2. The average Bonchev–Trinajstić information content (AvgIpc) is 2.37. The highest BCUT2D eigenvalue weighted by Gasteiger charge is 2.11. The van der Waals surface area contributed by atoms with Gasteiger partial charge in [-0.25, -0.2) is 9.78 Å². The van der Waals surface area contributed by atoms with Crippen LogP contribution in [0.4, 0.5) is 5.82 Å². The van der Waals surface area contributed by atoms with Crippen LogP contribution in [-0.4, -0.2) is 34.6 Å². The fraction of sp³-hybridized carbons (Fsp3) is 0.538. The van der Waals surface area contributed by atoms with Crippen LogP contribution in [0.2, 0.25) is 5.15 Å². The van der Waals surface area contributed by atoms with E-state index in [9.17, 15) is 4.79 Å². The maximum atomic E-state index is 11.0. The van der Waals surface area contributed by atoms with Gasteiger partial charge < -0.3 is 10.4 Å². The van der Waals surface area contributed by atoms with E-state index in [4.69, 9.17) is 16.7 Å². The first-order valence-corrected chi connectivity index (χ1v) is 8.05. The Balaban J connectivity index is 2.36. The summed E-state index contributed by atoms with van der Waals surface area (Å²) in [7, 11) is 0. The summed E-state index contributed by atoms with van der Waals surface area (Å²) in [5, 5.41) is 12.4. The third kappa shape index (κ3) is 6.16.